The molecule has 3 rings (SSSR count). The molecule has 0 bridgehead atoms. The van der Waals surface area contributed by atoms with Crippen LogP contribution in [0.15, 0.2) is 30.3 Å². The number of benzene rings is 1. The van der Waals surface area contributed by atoms with Gasteiger partial charge in [-0.25, -0.2) is 0 Å². The van der Waals surface area contributed by atoms with E-state index in [1.54, 1.807) is 6.08 Å². The number of carbonyl (C=O) groups excluding carboxylic acids is 1. The van der Waals surface area contributed by atoms with E-state index in [2.05, 4.69) is 37.4 Å². The zero-order chi connectivity index (χ0) is 15.7. The maximum atomic E-state index is 12.6. The van der Waals surface area contributed by atoms with E-state index in [0.717, 1.165) is 43.4 Å². The lowest BCUT2D eigenvalue weighted by Crippen LogP contribution is -2.44. The Bertz CT molecular complexity index is 595. The van der Waals surface area contributed by atoms with E-state index >= 15 is 0 Å². The van der Waals surface area contributed by atoms with Crippen molar-refractivity contribution < 1.29 is 9.90 Å². The molecule has 1 heterocycles. The van der Waals surface area contributed by atoms with Gasteiger partial charge >= 0.3 is 0 Å². The third-order valence-corrected chi connectivity index (χ3v) is 4.80. The highest BCUT2D eigenvalue weighted by Crippen LogP contribution is 2.31. The normalized spacial score (nSPS) is 28.8. The highest BCUT2D eigenvalue weighted by atomic mass is 16.3. The maximum Gasteiger partial charge on any atom is 0.160 e. The van der Waals surface area contributed by atoms with Crippen LogP contribution in [-0.2, 0) is 11.2 Å². The van der Waals surface area contributed by atoms with Crippen LogP contribution in [0.25, 0.3) is 5.70 Å². The monoisotopic (exact) mass is 299 g/mol. The second-order valence-corrected chi connectivity index (χ2v) is 7.31. The van der Waals surface area contributed by atoms with Gasteiger partial charge in [-0.15, -0.1) is 0 Å². The Morgan fingerprint density at radius 1 is 1.23 bits per heavy atom. The summed E-state index contributed by atoms with van der Waals surface area (Å²) in [6.07, 6.45) is 5.63. The summed E-state index contributed by atoms with van der Waals surface area (Å²) in [4.78, 5) is 12.6. The summed E-state index contributed by atoms with van der Waals surface area (Å²) >= 11 is 0. The van der Waals surface area contributed by atoms with Crippen LogP contribution in [0.2, 0.25) is 0 Å². The molecule has 0 atom stereocenters. The number of aliphatic hydroxyl groups excluding tert-OH is 1. The molecule has 1 aromatic carbocycles. The smallest absolute Gasteiger partial charge is 0.160 e. The first-order valence-electron chi connectivity index (χ1n) is 8.25. The Morgan fingerprint density at radius 2 is 1.91 bits per heavy atom. The lowest BCUT2D eigenvalue weighted by atomic mass is 9.82. The molecule has 1 aliphatic heterocycles. The van der Waals surface area contributed by atoms with Gasteiger partial charge in [-0.2, -0.15) is 0 Å². The highest BCUT2D eigenvalue weighted by Gasteiger charge is 2.29. The van der Waals surface area contributed by atoms with Crippen molar-refractivity contribution in [1.82, 2.24) is 5.32 Å². The molecule has 118 valence electrons. The number of carbonyl (C=O) groups is 1. The van der Waals surface area contributed by atoms with E-state index in [-0.39, 0.29) is 23.3 Å². The van der Waals surface area contributed by atoms with Gasteiger partial charge in [-0.1, -0.05) is 24.3 Å². The van der Waals surface area contributed by atoms with Gasteiger partial charge < -0.3 is 10.4 Å². The van der Waals surface area contributed by atoms with Crippen molar-refractivity contribution in [3.05, 3.63) is 41.5 Å². The molecule has 1 fully saturated rings. The molecule has 0 amide bonds. The van der Waals surface area contributed by atoms with E-state index in [9.17, 15) is 9.90 Å². The van der Waals surface area contributed by atoms with Crippen molar-refractivity contribution in [2.24, 2.45) is 5.92 Å². The molecule has 0 aromatic heterocycles. The minimum absolute atomic E-state index is 0.0385. The quantitative estimate of drug-likeness (QED) is 0.825. The van der Waals surface area contributed by atoms with Gasteiger partial charge in [0.05, 0.1) is 6.10 Å². The number of fused-ring (bicyclic) bond motifs is 1. The van der Waals surface area contributed by atoms with E-state index in [1.165, 1.54) is 5.56 Å². The summed E-state index contributed by atoms with van der Waals surface area (Å²) in [5.41, 5.74) is 3.35. The molecular formula is C19H25NO2. The minimum Gasteiger partial charge on any atom is -0.393 e. The summed E-state index contributed by atoms with van der Waals surface area (Å²) in [6, 6.07) is 8.31. The molecule has 1 aliphatic carbocycles. The Labute approximate surface area is 132 Å². The SMILES string of the molecule is CC1(C)Cc2ccccc2/C(=C\C(=O)C2CCC(O)CC2)N1. The predicted molar refractivity (Wildman–Crippen MR) is 88.3 cm³/mol. The summed E-state index contributed by atoms with van der Waals surface area (Å²) in [5.74, 6) is 0.261. The Morgan fingerprint density at radius 3 is 2.64 bits per heavy atom. The predicted octanol–water partition coefficient (Wildman–Crippen LogP) is 3.07. The minimum atomic E-state index is -0.218. The molecule has 0 saturated heterocycles. The van der Waals surface area contributed by atoms with E-state index in [4.69, 9.17) is 0 Å². The molecule has 2 aliphatic rings. The summed E-state index contributed by atoms with van der Waals surface area (Å²) < 4.78 is 0. The van der Waals surface area contributed by atoms with Crippen LogP contribution in [0, 0.1) is 5.92 Å². The van der Waals surface area contributed by atoms with Crippen molar-refractivity contribution in [1.29, 1.82) is 0 Å². The Hall–Kier alpha value is -1.61. The zero-order valence-electron chi connectivity index (χ0n) is 13.4. The Kier molecular flexibility index (Phi) is 4.09. The lowest BCUT2D eigenvalue weighted by molar-refractivity contribution is -0.119. The first kappa shape index (κ1) is 15.3. The summed E-state index contributed by atoms with van der Waals surface area (Å²) in [6.45, 7) is 4.33. The van der Waals surface area contributed by atoms with Crippen LogP contribution < -0.4 is 5.32 Å². The second-order valence-electron chi connectivity index (χ2n) is 7.31. The number of ketones is 1. The molecule has 1 saturated carbocycles. The number of allylic oxidation sites excluding steroid dienone is 1. The molecule has 2 N–H and O–H groups in total. The third-order valence-electron chi connectivity index (χ3n) is 4.80. The maximum absolute atomic E-state index is 12.6. The number of rotatable bonds is 2. The standard InChI is InChI=1S/C19H25NO2/c1-19(2)12-14-5-3-4-6-16(14)17(20-19)11-18(22)13-7-9-15(21)10-8-13/h3-6,11,13,15,20-21H,7-10,12H2,1-2H3/b17-11+. The van der Waals surface area contributed by atoms with Crippen LogP contribution in [0.1, 0.15) is 50.7 Å². The largest absolute Gasteiger partial charge is 0.393 e. The number of hydrogen-bond acceptors (Lipinski definition) is 3. The Balaban J connectivity index is 1.85. The van der Waals surface area contributed by atoms with Gasteiger partial charge in [-0.3, -0.25) is 4.79 Å². The van der Waals surface area contributed by atoms with Crippen molar-refractivity contribution in [2.75, 3.05) is 0 Å². The second kappa shape index (κ2) is 5.88. The average Bonchev–Trinajstić information content (AvgIpc) is 2.46. The van der Waals surface area contributed by atoms with Gasteiger partial charge in [-0.05, 0) is 51.5 Å². The van der Waals surface area contributed by atoms with Crippen molar-refractivity contribution in [3.8, 4) is 0 Å². The number of nitrogens with one attached hydrogen (secondary N) is 1. The van der Waals surface area contributed by atoms with Crippen LogP contribution in [0.3, 0.4) is 0 Å². The van der Waals surface area contributed by atoms with Crippen molar-refractivity contribution >= 4 is 11.5 Å². The first-order chi connectivity index (χ1) is 10.4. The molecular weight excluding hydrogens is 274 g/mol. The fraction of sp³-hybridized carbons (Fsp3) is 0.526. The topological polar surface area (TPSA) is 49.3 Å². The van der Waals surface area contributed by atoms with Gasteiger partial charge in [0, 0.05) is 28.8 Å². The fourth-order valence-electron chi connectivity index (χ4n) is 3.62. The van der Waals surface area contributed by atoms with Crippen molar-refractivity contribution in [3.63, 3.8) is 0 Å². The highest BCUT2D eigenvalue weighted by molar-refractivity contribution is 5.98. The molecule has 0 spiro atoms. The molecule has 0 radical (unpaired) electrons. The number of hydrogen-bond donors (Lipinski definition) is 2. The van der Waals surface area contributed by atoms with Crippen LogP contribution in [0.4, 0.5) is 0 Å². The molecule has 1 aromatic rings. The van der Waals surface area contributed by atoms with Gasteiger partial charge in [0.1, 0.15) is 0 Å². The lowest BCUT2D eigenvalue weighted by Gasteiger charge is -2.35. The van der Waals surface area contributed by atoms with Gasteiger partial charge in [0.25, 0.3) is 0 Å². The van der Waals surface area contributed by atoms with Gasteiger partial charge in [0.15, 0.2) is 5.78 Å². The average molecular weight is 299 g/mol. The summed E-state index contributed by atoms with van der Waals surface area (Å²) in [7, 11) is 0. The van der Waals surface area contributed by atoms with Gasteiger partial charge in [0.2, 0.25) is 0 Å². The van der Waals surface area contributed by atoms with Crippen LogP contribution in [0.5, 0.6) is 0 Å². The molecule has 3 heteroatoms. The molecule has 3 nitrogen and oxygen atoms in total. The third kappa shape index (κ3) is 3.25. The van der Waals surface area contributed by atoms with E-state index in [0.29, 0.717) is 0 Å². The van der Waals surface area contributed by atoms with Crippen LogP contribution >= 0.6 is 0 Å². The molecule has 22 heavy (non-hydrogen) atoms. The summed E-state index contributed by atoms with van der Waals surface area (Å²) in [5, 5.41) is 13.1. The first-order valence-corrected chi connectivity index (χ1v) is 8.25. The van der Waals surface area contributed by atoms with Crippen LogP contribution in [-0.4, -0.2) is 22.5 Å². The fourth-order valence-corrected chi connectivity index (χ4v) is 3.62. The molecule has 0 unspecified atom stereocenters. The van der Waals surface area contributed by atoms with Crippen molar-refractivity contribution in [2.45, 2.75) is 57.6 Å². The van der Waals surface area contributed by atoms with E-state index in [1.807, 2.05) is 6.07 Å². The van der Waals surface area contributed by atoms with E-state index < -0.39 is 0 Å². The zero-order valence-corrected chi connectivity index (χ0v) is 13.4. The number of aliphatic hydroxyl groups is 1.